The highest BCUT2D eigenvalue weighted by Gasteiger charge is 2.27. The van der Waals surface area contributed by atoms with Crippen LogP contribution in [0.1, 0.15) is 25.3 Å². The van der Waals surface area contributed by atoms with Gasteiger partial charge in [-0.25, -0.2) is 13.6 Å². The zero-order chi connectivity index (χ0) is 16.1. The van der Waals surface area contributed by atoms with Crippen molar-refractivity contribution in [3.05, 3.63) is 41.0 Å². The van der Waals surface area contributed by atoms with Crippen LogP contribution in [-0.4, -0.2) is 41.8 Å². The smallest absolute Gasteiger partial charge is 0.407 e. The molecule has 6 heteroatoms. The summed E-state index contributed by atoms with van der Waals surface area (Å²) in [6, 6.07) is 3.47. The molecule has 0 radical (unpaired) electrons. The van der Waals surface area contributed by atoms with Crippen LogP contribution in [0.3, 0.4) is 0 Å². The molecule has 1 saturated heterocycles. The largest absolute Gasteiger partial charge is 0.465 e. The molecule has 1 atom stereocenters. The number of hydrogen-bond acceptors (Lipinski definition) is 2. The molecule has 1 fully saturated rings. The molecule has 120 valence electrons. The Morgan fingerprint density at radius 3 is 2.95 bits per heavy atom. The molecule has 0 aromatic heterocycles. The predicted molar refractivity (Wildman–Crippen MR) is 80.6 cm³/mol. The van der Waals surface area contributed by atoms with Crippen LogP contribution in [0, 0.1) is 11.6 Å². The molecule has 1 aromatic rings. The van der Waals surface area contributed by atoms with E-state index in [1.807, 2.05) is 6.92 Å². The number of benzene rings is 1. The summed E-state index contributed by atoms with van der Waals surface area (Å²) < 4.78 is 26.4. The molecule has 0 saturated carbocycles. The van der Waals surface area contributed by atoms with Gasteiger partial charge in [0.05, 0.1) is 0 Å². The second-order valence-corrected chi connectivity index (χ2v) is 5.56. The Hall–Kier alpha value is -1.95. The molecule has 2 rings (SSSR count). The average Bonchev–Trinajstić information content (AvgIpc) is 2.90. The van der Waals surface area contributed by atoms with Gasteiger partial charge in [-0.2, -0.15) is 0 Å². The lowest BCUT2D eigenvalue weighted by molar-refractivity contribution is 0.140. The number of amides is 1. The van der Waals surface area contributed by atoms with E-state index >= 15 is 0 Å². The van der Waals surface area contributed by atoms with Gasteiger partial charge < -0.3 is 15.3 Å². The highest BCUT2D eigenvalue weighted by atomic mass is 19.1. The van der Waals surface area contributed by atoms with Crippen molar-refractivity contribution in [2.75, 3.05) is 19.6 Å². The molecule has 1 amide bonds. The van der Waals surface area contributed by atoms with E-state index < -0.39 is 17.7 Å². The molecular weight excluding hydrogens is 290 g/mol. The van der Waals surface area contributed by atoms with Gasteiger partial charge in [-0.1, -0.05) is 11.6 Å². The van der Waals surface area contributed by atoms with Crippen molar-refractivity contribution in [3.63, 3.8) is 0 Å². The number of carbonyl (C=O) groups is 1. The van der Waals surface area contributed by atoms with Crippen LogP contribution in [0.4, 0.5) is 13.6 Å². The Kier molecular flexibility index (Phi) is 5.49. The van der Waals surface area contributed by atoms with E-state index in [4.69, 9.17) is 5.11 Å². The summed E-state index contributed by atoms with van der Waals surface area (Å²) in [7, 11) is 0. The zero-order valence-electron chi connectivity index (χ0n) is 12.5. The number of halogens is 2. The number of rotatable bonds is 5. The van der Waals surface area contributed by atoms with Crippen LogP contribution in [-0.2, 0) is 0 Å². The van der Waals surface area contributed by atoms with Crippen molar-refractivity contribution in [2.24, 2.45) is 0 Å². The first kappa shape index (κ1) is 16.4. The summed E-state index contributed by atoms with van der Waals surface area (Å²) in [5.74, 6) is -1.19. The standard InChI is InChI=1S/C16H20F2N2O2/c1-11(7-12-4-5-13(17)8-15(12)18)9-19-10-14-3-2-6-20(14)16(21)22/h4-5,7-8,14,19H,2-3,6,9-10H2,1H3,(H,21,22)/t14-/m0/s1. The van der Waals surface area contributed by atoms with Gasteiger partial charge in [-0.15, -0.1) is 0 Å². The summed E-state index contributed by atoms with van der Waals surface area (Å²) >= 11 is 0. The Morgan fingerprint density at radius 1 is 1.50 bits per heavy atom. The van der Waals surface area contributed by atoms with Crippen LogP contribution < -0.4 is 5.32 Å². The Morgan fingerprint density at radius 2 is 2.27 bits per heavy atom. The van der Waals surface area contributed by atoms with Gasteiger partial charge in [-0.05, 0) is 31.9 Å². The van der Waals surface area contributed by atoms with E-state index in [0.29, 0.717) is 25.2 Å². The van der Waals surface area contributed by atoms with Crippen molar-refractivity contribution in [3.8, 4) is 0 Å². The third-order valence-electron chi connectivity index (χ3n) is 3.77. The third-order valence-corrected chi connectivity index (χ3v) is 3.77. The fourth-order valence-corrected chi connectivity index (χ4v) is 2.67. The molecule has 1 aliphatic rings. The Balaban J connectivity index is 1.86. The van der Waals surface area contributed by atoms with Crippen LogP contribution in [0.15, 0.2) is 23.8 Å². The van der Waals surface area contributed by atoms with E-state index in [-0.39, 0.29) is 6.04 Å². The van der Waals surface area contributed by atoms with E-state index in [0.717, 1.165) is 24.5 Å². The van der Waals surface area contributed by atoms with Gasteiger partial charge in [0.15, 0.2) is 0 Å². The molecule has 2 N–H and O–H groups in total. The van der Waals surface area contributed by atoms with Gasteiger partial charge in [0.2, 0.25) is 0 Å². The van der Waals surface area contributed by atoms with Crippen molar-refractivity contribution in [1.29, 1.82) is 0 Å². The van der Waals surface area contributed by atoms with Crippen LogP contribution >= 0.6 is 0 Å². The minimum absolute atomic E-state index is 0.00661. The number of hydrogen-bond donors (Lipinski definition) is 2. The van der Waals surface area contributed by atoms with Crippen molar-refractivity contribution in [2.45, 2.75) is 25.8 Å². The maximum Gasteiger partial charge on any atom is 0.407 e. The summed E-state index contributed by atoms with van der Waals surface area (Å²) in [5.41, 5.74) is 1.24. The summed E-state index contributed by atoms with van der Waals surface area (Å²) in [6.45, 7) is 3.53. The molecule has 1 aliphatic heterocycles. The molecule has 1 aromatic carbocycles. The topological polar surface area (TPSA) is 52.6 Å². The second-order valence-electron chi connectivity index (χ2n) is 5.56. The van der Waals surface area contributed by atoms with Crippen LogP contribution in [0.5, 0.6) is 0 Å². The van der Waals surface area contributed by atoms with Gasteiger partial charge in [0, 0.05) is 37.3 Å². The number of likely N-dealkylation sites (tertiary alicyclic amines) is 1. The number of carboxylic acid groups (broad SMARTS) is 1. The quantitative estimate of drug-likeness (QED) is 0.878. The molecule has 1 heterocycles. The van der Waals surface area contributed by atoms with Gasteiger partial charge in [-0.3, -0.25) is 0 Å². The van der Waals surface area contributed by atoms with Crippen LogP contribution in [0.2, 0.25) is 0 Å². The monoisotopic (exact) mass is 310 g/mol. The molecule has 0 bridgehead atoms. The minimum atomic E-state index is -0.884. The van der Waals surface area contributed by atoms with Crippen LogP contribution in [0.25, 0.3) is 6.08 Å². The molecular formula is C16H20F2N2O2. The lowest BCUT2D eigenvalue weighted by atomic mass is 10.1. The zero-order valence-corrected chi connectivity index (χ0v) is 12.5. The molecule has 0 spiro atoms. The Bertz CT molecular complexity index is 575. The first-order valence-corrected chi connectivity index (χ1v) is 7.30. The maximum atomic E-state index is 13.5. The van der Waals surface area contributed by atoms with E-state index in [1.165, 1.54) is 17.0 Å². The fourth-order valence-electron chi connectivity index (χ4n) is 2.67. The second kappa shape index (κ2) is 7.35. The molecule has 4 nitrogen and oxygen atoms in total. The summed E-state index contributed by atoms with van der Waals surface area (Å²) in [4.78, 5) is 12.5. The molecule has 22 heavy (non-hydrogen) atoms. The van der Waals surface area contributed by atoms with Gasteiger partial charge in [0.25, 0.3) is 0 Å². The van der Waals surface area contributed by atoms with Crippen molar-refractivity contribution >= 4 is 12.2 Å². The minimum Gasteiger partial charge on any atom is -0.465 e. The summed E-state index contributed by atoms with van der Waals surface area (Å²) in [5, 5.41) is 12.2. The highest BCUT2D eigenvalue weighted by Crippen LogP contribution is 2.17. The van der Waals surface area contributed by atoms with E-state index in [9.17, 15) is 13.6 Å². The fraction of sp³-hybridized carbons (Fsp3) is 0.438. The van der Waals surface area contributed by atoms with Gasteiger partial charge >= 0.3 is 6.09 Å². The lowest BCUT2D eigenvalue weighted by Gasteiger charge is -2.21. The van der Waals surface area contributed by atoms with E-state index in [2.05, 4.69) is 5.32 Å². The van der Waals surface area contributed by atoms with Gasteiger partial charge in [0.1, 0.15) is 11.6 Å². The maximum absolute atomic E-state index is 13.5. The number of nitrogens with one attached hydrogen (secondary N) is 1. The average molecular weight is 310 g/mol. The van der Waals surface area contributed by atoms with E-state index in [1.54, 1.807) is 6.08 Å². The molecule has 0 unspecified atom stereocenters. The third kappa shape index (κ3) is 4.27. The SMILES string of the molecule is CC(=Cc1ccc(F)cc1F)CNC[C@@H]1CCCN1C(=O)O. The normalized spacial score (nSPS) is 18.8. The highest BCUT2D eigenvalue weighted by molar-refractivity contribution is 5.65. The first-order chi connectivity index (χ1) is 10.5. The molecule has 0 aliphatic carbocycles. The first-order valence-electron chi connectivity index (χ1n) is 7.30. The lowest BCUT2D eigenvalue weighted by Crippen LogP contribution is -2.41. The Labute approximate surface area is 128 Å². The number of nitrogens with zero attached hydrogens (tertiary/aromatic N) is 1. The predicted octanol–water partition coefficient (Wildman–Crippen LogP) is 3.10. The summed E-state index contributed by atoms with van der Waals surface area (Å²) in [6.07, 6.45) is 2.51. The van der Waals surface area contributed by atoms with Crippen molar-refractivity contribution < 1.29 is 18.7 Å². The van der Waals surface area contributed by atoms with Crippen molar-refractivity contribution in [1.82, 2.24) is 10.2 Å².